The standard InChI is InChI=1S/C23H22N2O2S/c1-2-17-9-11-18(12-10-17)20-15-28-22-21(20)23(26)25(16-24-22)13-6-14-27-19-7-4-3-5-8-19/h3-5,7-12,15-16H,2,6,13-14H2,1H3. The van der Waals surface area contributed by atoms with Crippen LogP contribution in [0.15, 0.2) is 71.1 Å². The van der Waals surface area contributed by atoms with Crippen LogP contribution in [-0.4, -0.2) is 16.2 Å². The van der Waals surface area contributed by atoms with Crippen LogP contribution in [0.2, 0.25) is 0 Å². The molecular formula is C23H22N2O2S. The van der Waals surface area contributed by atoms with Crippen molar-refractivity contribution in [3.63, 3.8) is 0 Å². The molecule has 28 heavy (non-hydrogen) atoms. The van der Waals surface area contributed by atoms with Gasteiger partial charge in [-0.3, -0.25) is 9.36 Å². The van der Waals surface area contributed by atoms with E-state index >= 15 is 0 Å². The largest absolute Gasteiger partial charge is 0.494 e. The molecule has 0 radical (unpaired) electrons. The van der Waals surface area contributed by atoms with E-state index < -0.39 is 0 Å². The van der Waals surface area contributed by atoms with Crippen LogP contribution in [0.3, 0.4) is 0 Å². The third-order valence-corrected chi connectivity index (χ3v) is 5.68. The second-order valence-electron chi connectivity index (χ2n) is 6.64. The maximum absolute atomic E-state index is 13.1. The molecule has 0 spiro atoms. The summed E-state index contributed by atoms with van der Waals surface area (Å²) in [6.07, 6.45) is 3.39. The van der Waals surface area contributed by atoms with Gasteiger partial charge in [-0.25, -0.2) is 4.98 Å². The molecule has 0 amide bonds. The molecular weight excluding hydrogens is 368 g/mol. The highest BCUT2D eigenvalue weighted by molar-refractivity contribution is 7.17. The highest BCUT2D eigenvalue weighted by Crippen LogP contribution is 2.30. The van der Waals surface area contributed by atoms with Crippen molar-refractivity contribution in [1.29, 1.82) is 0 Å². The van der Waals surface area contributed by atoms with Gasteiger partial charge in [-0.15, -0.1) is 11.3 Å². The minimum Gasteiger partial charge on any atom is -0.494 e. The molecule has 4 nitrogen and oxygen atoms in total. The van der Waals surface area contributed by atoms with Gasteiger partial charge in [0.05, 0.1) is 18.3 Å². The number of aryl methyl sites for hydroxylation is 2. The molecule has 2 aromatic heterocycles. The highest BCUT2D eigenvalue weighted by Gasteiger charge is 2.13. The first kappa shape index (κ1) is 18.4. The van der Waals surface area contributed by atoms with Crippen LogP contribution < -0.4 is 10.3 Å². The van der Waals surface area contributed by atoms with Gasteiger partial charge in [-0.2, -0.15) is 0 Å². The Kier molecular flexibility index (Phi) is 5.53. The van der Waals surface area contributed by atoms with Gasteiger partial charge in [0, 0.05) is 17.5 Å². The molecule has 0 aliphatic carbocycles. The Labute approximate surface area is 168 Å². The third kappa shape index (κ3) is 3.85. The predicted octanol–water partition coefficient (Wildman–Crippen LogP) is 5.16. The lowest BCUT2D eigenvalue weighted by Crippen LogP contribution is -2.21. The number of nitrogens with zero attached hydrogens (tertiary/aromatic N) is 2. The Hall–Kier alpha value is -2.92. The summed E-state index contributed by atoms with van der Waals surface area (Å²) in [5.41, 5.74) is 3.33. The number of hydrogen-bond donors (Lipinski definition) is 0. The third-order valence-electron chi connectivity index (χ3n) is 4.79. The van der Waals surface area contributed by atoms with Gasteiger partial charge in [0.15, 0.2) is 0 Å². The zero-order chi connectivity index (χ0) is 19.3. The average Bonchev–Trinajstić information content (AvgIpc) is 3.18. The van der Waals surface area contributed by atoms with Crippen LogP contribution in [0.5, 0.6) is 5.75 Å². The van der Waals surface area contributed by atoms with Crippen LogP contribution >= 0.6 is 11.3 Å². The Morgan fingerprint density at radius 3 is 2.61 bits per heavy atom. The Bertz CT molecular complexity index is 1120. The van der Waals surface area contributed by atoms with Crippen molar-refractivity contribution < 1.29 is 4.74 Å². The molecule has 0 aliphatic heterocycles. The lowest BCUT2D eigenvalue weighted by Gasteiger charge is -2.08. The van der Waals surface area contributed by atoms with Crippen molar-refractivity contribution in [3.05, 3.63) is 82.2 Å². The molecule has 2 aromatic carbocycles. The Balaban J connectivity index is 1.53. The molecule has 0 fully saturated rings. The molecule has 0 aliphatic rings. The monoisotopic (exact) mass is 390 g/mol. The summed E-state index contributed by atoms with van der Waals surface area (Å²) < 4.78 is 7.41. The summed E-state index contributed by atoms with van der Waals surface area (Å²) in [5, 5.41) is 2.74. The smallest absolute Gasteiger partial charge is 0.262 e. The topological polar surface area (TPSA) is 44.1 Å². The van der Waals surface area contributed by atoms with E-state index in [2.05, 4.69) is 36.2 Å². The number of para-hydroxylation sites is 1. The Morgan fingerprint density at radius 1 is 1.07 bits per heavy atom. The SMILES string of the molecule is CCc1ccc(-c2csc3ncn(CCCOc4ccccc4)c(=O)c23)cc1. The van der Waals surface area contributed by atoms with E-state index in [1.807, 2.05) is 35.7 Å². The fraction of sp³-hybridized carbons (Fsp3) is 0.217. The van der Waals surface area contributed by atoms with Crippen molar-refractivity contribution in [3.8, 4) is 16.9 Å². The van der Waals surface area contributed by atoms with E-state index in [4.69, 9.17) is 4.74 Å². The van der Waals surface area contributed by atoms with Gasteiger partial charge < -0.3 is 4.74 Å². The molecule has 0 bridgehead atoms. The molecule has 0 N–H and O–H groups in total. The molecule has 0 saturated heterocycles. The number of benzene rings is 2. The van der Waals surface area contributed by atoms with Crippen molar-refractivity contribution in [1.82, 2.24) is 9.55 Å². The normalized spacial score (nSPS) is 11.0. The van der Waals surface area contributed by atoms with E-state index in [0.717, 1.165) is 34.5 Å². The van der Waals surface area contributed by atoms with Gasteiger partial charge >= 0.3 is 0 Å². The summed E-state index contributed by atoms with van der Waals surface area (Å²) in [6, 6.07) is 18.1. The van der Waals surface area contributed by atoms with E-state index in [-0.39, 0.29) is 5.56 Å². The number of ether oxygens (including phenoxy) is 1. The molecule has 0 unspecified atom stereocenters. The number of hydrogen-bond acceptors (Lipinski definition) is 4. The molecule has 142 valence electrons. The lowest BCUT2D eigenvalue weighted by molar-refractivity contribution is 0.301. The minimum atomic E-state index is 0.0144. The van der Waals surface area contributed by atoms with Crippen LogP contribution in [0, 0.1) is 0 Å². The second-order valence-corrected chi connectivity index (χ2v) is 7.50. The quantitative estimate of drug-likeness (QED) is 0.410. The van der Waals surface area contributed by atoms with Gasteiger partial charge in [0.1, 0.15) is 10.6 Å². The zero-order valence-corrected chi connectivity index (χ0v) is 16.6. The van der Waals surface area contributed by atoms with Crippen LogP contribution in [0.4, 0.5) is 0 Å². The van der Waals surface area contributed by atoms with Crippen LogP contribution in [-0.2, 0) is 13.0 Å². The van der Waals surface area contributed by atoms with Crippen molar-refractivity contribution in [2.24, 2.45) is 0 Å². The molecule has 4 rings (SSSR count). The van der Waals surface area contributed by atoms with Gasteiger partial charge in [-0.05, 0) is 36.1 Å². The fourth-order valence-electron chi connectivity index (χ4n) is 3.20. The van der Waals surface area contributed by atoms with E-state index in [9.17, 15) is 4.79 Å². The summed E-state index contributed by atoms with van der Waals surface area (Å²) in [7, 11) is 0. The number of fused-ring (bicyclic) bond motifs is 1. The summed E-state index contributed by atoms with van der Waals surface area (Å²) in [4.78, 5) is 18.3. The van der Waals surface area contributed by atoms with E-state index in [0.29, 0.717) is 18.5 Å². The first-order valence-electron chi connectivity index (χ1n) is 9.50. The predicted molar refractivity (Wildman–Crippen MR) is 115 cm³/mol. The first-order valence-corrected chi connectivity index (χ1v) is 10.4. The average molecular weight is 391 g/mol. The molecule has 2 heterocycles. The zero-order valence-electron chi connectivity index (χ0n) is 15.8. The maximum Gasteiger partial charge on any atom is 0.262 e. The minimum absolute atomic E-state index is 0.0144. The summed E-state index contributed by atoms with van der Waals surface area (Å²) in [5.74, 6) is 0.846. The summed E-state index contributed by atoms with van der Waals surface area (Å²) >= 11 is 1.52. The van der Waals surface area contributed by atoms with Gasteiger partial charge in [0.2, 0.25) is 0 Å². The van der Waals surface area contributed by atoms with Crippen molar-refractivity contribution in [2.45, 2.75) is 26.3 Å². The number of aromatic nitrogens is 2. The first-order chi connectivity index (χ1) is 13.8. The van der Waals surface area contributed by atoms with Crippen LogP contribution in [0.1, 0.15) is 18.9 Å². The summed E-state index contributed by atoms with van der Waals surface area (Å²) in [6.45, 7) is 3.28. The van der Waals surface area contributed by atoms with Crippen molar-refractivity contribution in [2.75, 3.05) is 6.61 Å². The van der Waals surface area contributed by atoms with E-state index in [1.165, 1.54) is 16.9 Å². The van der Waals surface area contributed by atoms with Crippen molar-refractivity contribution >= 4 is 21.6 Å². The maximum atomic E-state index is 13.1. The number of rotatable bonds is 7. The molecule has 0 atom stereocenters. The van der Waals surface area contributed by atoms with Gasteiger partial charge in [-0.1, -0.05) is 49.4 Å². The second kappa shape index (κ2) is 8.40. The lowest BCUT2D eigenvalue weighted by atomic mass is 10.0. The van der Waals surface area contributed by atoms with Crippen LogP contribution in [0.25, 0.3) is 21.3 Å². The molecule has 0 saturated carbocycles. The highest BCUT2D eigenvalue weighted by atomic mass is 32.1. The van der Waals surface area contributed by atoms with Gasteiger partial charge in [0.25, 0.3) is 5.56 Å². The molecule has 5 heteroatoms. The number of thiophene rings is 1. The fourth-order valence-corrected chi connectivity index (χ4v) is 4.11. The Morgan fingerprint density at radius 2 is 1.86 bits per heavy atom. The van der Waals surface area contributed by atoms with E-state index in [1.54, 1.807) is 10.9 Å². The molecule has 4 aromatic rings.